The molecule has 0 aromatic carbocycles. The molecule has 2 aromatic rings. The van der Waals surface area contributed by atoms with Gasteiger partial charge in [-0.15, -0.1) is 0 Å². The van der Waals surface area contributed by atoms with Crippen molar-refractivity contribution in [3.8, 4) is 0 Å². The van der Waals surface area contributed by atoms with Crippen LogP contribution < -0.4 is 0 Å². The summed E-state index contributed by atoms with van der Waals surface area (Å²) < 4.78 is 1.93. The first-order chi connectivity index (χ1) is 7.33. The third-order valence-electron chi connectivity index (χ3n) is 2.07. The molecule has 0 saturated carbocycles. The van der Waals surface area contributed by atoms with Crippen LogP contribution in [0.4, 0.5) is 0 Å². The largest absolute Gasteiger partial charge is 0.323 e. The average Bonchev–Trinajstić information content (AvgIpc) is 2.63. The number of aromatic nitrogens is 4. The lowest BCUT2D eigenvalue weighted by Gasteiger charge is -1.99. The Bertz CT molecular complexity index is 489. The van der Waals surface area contributed by atoms with Gasteiger partial charge >= 0.3 is 0 Å². The molecule has 0 N–H and O–H groups in total. The molecule has 0 bridgehead atoms. The van der Waals surface area contributed by atoms with Crippen molar-refractivity contribution >= 4 is 22.8 Å². The van der Waals surface area contributed by atoms with Crippen LogP contribution in [0.25, 0.3) is 11.2 Å². The molecule has 0 saturated heterocycles. The van der Waals surface area contributed by atoms with Crippen molar-refractivity contribution in [1.82, 2.24) is 19.5 Å². The summed E-state index contributed by atoms with van der Waals surface area (Å²) in [5.74, 6) is 0. The summed E-state index contributed by atoms with van der Waals surface area (Å²) >= 11 is 5.98. The molecule has 0 amide bonds. The summed E-state index contributed by atoms with van der Waals surface area (Å²) in [5.41, 5.74) is 1.43. The minimum atomic E-state index is 0.447. The fourth-order valence-corrected chi connectivity index (χ4v) is 1.60. The van der Waals surface area contributed by atoms with E-state index in [-0.39, 0.29) is 0 Å². The monoisotopic (exact) mass is 222 g/mol. The summed E-state index contributed by atoms with van der Waals surface area (Å²) in [4.78, 5) is 12.1. The summed E-state index contributed by atoms with van der Waals surface area (Å²) in [6.07, 6.45) is 8.35. The van der Waals surface area contributed by atoms with Gasteiger partial charge in [-0.05, 0) is 6.42 Å². The SMILES string of the molecule is CC/C=C/Cn1cnc2ncnc(Cl)c21. The molecule has 78 valence electrons. The first-order valence-electron chi connectivity index (χ1n) is 4.79. The number of allylic oxidation sites excluding steroid dienone is 2. The van der Waals surface area contributed by atoms with E-state index >= 15 is 0 Å². The van der Waals surface area contributed by atoms with Crippen molar-refractivity contribution in [2.45, 2.75) is 19.9 Å². The van der Waals surface area contributed by atoms with Gasteiger partial charge in [-0.2, -0.15) is 0 Å². The Morgan fingerprint density at radius 2 is 2.20 bits per heavy atom. The topological polar surface area (TPSA) is 43.6 Å². The van der Waals surface area contributed by atoms with E-state index in [2.05, 4.69) is 34.0 Å². The fourth-order valence-electron chi connectivity index (χ4n) is 1.37. The van der Waals surface area contributed by atoms with Crippen molar-refractivity contribution in [2.24, 2.45) is 0 Å². The minimum absolute atomic E-state index is 0.447. The van der Waals surface area contributed by atoms with Crippen molar-refractivity contribution in [3.63, 3.8) is 0 Å². The van der Waals surface area contributed by atoms with E-state index in [0.29, 0.717) is 10.8 Å². The molecule has 5 heteroatoms. The van der Waals surface area contributed by atoms with E-state index in [4.69, 9.17) is 11.6 Å². The maximum absolute atomic E-state index is 5.98. The summed E-state index contributed by atoms with van der Waals surface area (Å²) in [6, 6.07) is 0. The highest BCUT2D eigenvalue weighted by molar-refractivity contribution is 6.33. The standard InChI is InChI=1S/C10H11ClN4/c1-2-3-4-5-15-7-14-10-8(15)9(11)12-6-13-10/h3-4,6-7H,2,5H2,1H3/b4-3+. The zero-order chi connectivity index (χ0) is 10.7. The number of halogens is 1. The lowest BCUT2D eigenvalue weighted by molar-refractivity contribution is 0.844. The predicted molar refractivity (Wildman–Crippen MR) is 59.8 cm³/mol. The molecular formula is C10H11ClN4. The van der Waals surface area contributed by atoms with E-state index in [0.717, 1.165) is 18.5 Å². The molecule has 0 fully saturated rings. The van der Waals surface area contributed by atoms with Crippen molar-refractivity contribution in [3.05, 3.63) is 30.0 Å². The van der Waals surface area contributed by atoms with E-state index in [1.165, 1.54) is 6.33 Å². The van der Waals surface area contributed by atoms with Gasteiger partial charge in [0, 0.05) is 6.54 Å². The highest BCUT2D eigenvalue weighted by Crippen LogP contribution is 2.17. The van der Waals surface area contributed by atoms with Gasteiger partial charge in [-0.3, -0.25) is 0 Å². The van der Waals surface area contributed by atoms with Gasteiger partial charge < -0.3 is 4.57 Å². The van der Waals surface area contributed by atoms with Crippen LogP contribution in [0.15, 0.2) is 24.8 Å². The summed E-state index contributed by atoms with van der Waals surface area (Å²) in [6.45, 7) is 2.84. The number of rotatable bonds is 3. The zero-order valence-corrected chi connectivity index (χ0v) is 9.15. The van der Waals surface area contributed by atoms with Crippen LogP contribution in [0.2, 0.25) is 5.15 Å². The van der Waals surface area contributed by atoms with Gasteiger partial charge in [0.2, 0.25) is 0 Å². The Hall–Kier alpha value is -1.42. The number of fused-ring (bicyclic) bond motifs is 1. The van der Waals surface area contributed by atoms with Crippen molar-refractivity contribution in [1.29, 1.82) is 0 Å². The van der Waals surface area contributed by atoms with Crippen LogP contribution in [0.5, 0.6) is 0 Å². The summed E-state index contributed by atoms with van der Waals surface area (Å²) in [5, 5.41) is 0.447. The number of hydrogen-bond donors (Lipinski definition) is 0. The van der Waals surface area contributed by atoms with Gasteiger partial charge in [0.1, 0.15) is 11.8 Å². The molecule has 2 rings (SSSR count). The number of nitrogens with zero attached hydrogens (tertiary/aromatic N) is 4. The highest BCUT2D eigenvalue weighted by Gasteiger charge is 2.06. The number of hydrogen-bond acceptors (Lipinski definition) is 3. The first-order valence-corrected chi connectivity index (χ1v) is 5.17. The fraction of sp³-hybridized carbons (Fsp3) is 0.300. The molecule has 4 nitrogen and oxygen atoms in total. The molecule has 2 heterocycles. The van der Waals surface area contributed by atoms with Crippen molar-refractivity contribution in [2.75, 3.05) is 0 Å². The van der Waals surface area contributed by atoms with Crippen LogP contribution in [-0.4, -0.2) is 19.5 Å². The summed E-state index contributed by atoms with van der Waals surface area (Å²) in [7, 11) is 0. The van der Waals surface area contributed by atoms with E-state index in [1.807, 2.05) is 4.57 Å². The molecule has 2 aromatic heterocycles. The third-order valence-corrected chi connectivity index (χ3v) is 2.35. The predicted octanol–water partition coefficient (Wildman–Crippen LogP) is 2.45. The van der Waals surface area contributed by atoms with E-state index in [9.17, 15) is 0 Å². The van der Waals surface area contributed by atoms with Crippen LogP contribution in [0.3, 0.4) is 0 Å². The van der Waals surface area contributed by atoms with Gasteiger partial charge in [-0.1, -0.05) is 30.7 Å². The Morgan fingerprint density at radius 1 is 1.33 bits per heavy atom. The van der Waals surface area contributed by atoms with Crippen LogP contribution in [0.1, 0.15) is 13.3 Å². The zero-order valence-electron chi connectivity index (χ0n) is 8.39. The van der Waals surface area contributed by atoms with Gasteiger partial charge in [0.25, 0.3) is 0 Å². The molecule has 0 aliphatic carbocycles. The van der Waals surface area contributed by atoms with Crippen LogP contribution in [-0.2, 0) is 6.54 Å². The van der Waals surface area contributed by atoms with Crippen LogP contribution in [0, 0.1) is 0 Å². The second kappa shape index (κ2) is 4.40. The lowest BCUT2D eigenvalue weighted by atomic mass is 10.4. The van der Waals surface area contributed by atoms with Gasteiger partial charge in [0.05, 0.1) is 6.33 Å². The highest BCUT2D eigenvalue weighted by atomic mass is 35.5. The van der Waals surface area contributed by atoms with Crippen molar-refractivity contribution < 1.29 is 0 Å². The quantitative estimate of drug-likeness (QED) is 0.592. The molecule has 0 unspecified atom stereocenters. The van der Waals surface area contributed by atoms with E-state index < -0.39 is 0 Å². The Kier molecular flexibility index (Phi) is 2.97. The molecule has 0 aliphatic rings. The maximum Gasteiger partial charge on any atom is 0.182 e. The van der Waals surface area contributed by atoms with Gasteiger partial charge in [0.15, 0.2) is 10.8 Å². The molecular weight excluding hydrogens is 212 g/mol. The maximum atomic E-state index is 5.98. The Labute approximate surface area is 92.6 Å². The second-order valence-corrected chi connectivity index (χ2v) is 3.47. The van der Waals surface area contributed by atoms with Crippen LogP contribution >= 0.6 is 11.6 Å². The molecule has 0 aliphatic heterocycles. The van der Waals surface area contributed by atoms with Gasteiger partial charge in [-0.25, -0.2) is 15.0 Å². The Morgan fingerprint density at radius 3 is 3.00 bits per heavy atom. The van der Waals surface area contributed by atoms with E-state index in [1.54, 1.807) is 6.33 Å². The molecule has 0 radical (unpaired) electrons. The first kappa shape index (κ1) is 10.1. The normalized spacial score (nSPS) is 11.6. The molecule has 15 heavy (non-hydrogen) atoms. The molecule has 0 atom stereocenters. The third kappa shape index (κ3) is 1.99. The second-order valence-electron chi connectivity index (χ2n) is 3.11. The minimum Gasteiger partial charge on any atom is -0.323 e. The number of imidazole rings is 1. The average molecular weight is 223 g/mol. The smallest absolute Gasteiger partial charge is 0.182 e. The molecule has 0 spiro atoms. The lowest BCUT2D eigenvalue weighted by Crippen LogP contribution is -1.94. The Balaban J connectivity index is 2.39.